The highest BCUT2D eigenvalue weighted by atomic mass is 16.4. The average Bonchev–Trinajstić information content (AvgIpc) is 2.35. The number of carboxylic acids is 1. The van der Waals surface area contributed by atoms with E-state index in [-0.39, 0.29) is 18.9 Å². The van der Waals surface area contributed by atoms with E-state index in [1.165, 1.54) is 0 Å². The zero-order valence-corrected chi connectivity index (χ0v) is 9.55. The van der Waals surface area contributed by atoms with Crippen molar-refractivity contribution in [2.75, 3.05) is 13.1 Å². The molecule has 7 heteroatoms. The molecule has 18 heavy (non-hydrogen) atoms. The predicted molar refractivity (Wildman–Crippen MR) is 61.6 cm³/mol. The number of nitrogens with one attached hydrogen (secondary N) is 2. The van der Waals surface area contributed by atoms with Crippen molar-refractivity contribution in [1.82, 2.24) is 15.6 Å². The van der Waals surface area contributed by atoms with Crippen LogP contribution < -0.4 is 10.6 Å². The number of hydrogen-bond acceptors (Lipinski definition) is 4. The topological polar surface area (TPSA) is 108 Å². The molecule has 0 unspecified atom stereocenters. The highest BCUT2D eigenvalue weighted by Crippen LogP contribution is 1.93. The summed E-state index contributed by atoms with van der Waals surface area (Å²) in [6, 6.07) is 5.19. The van der Waals surface area contributed by atoms with Gasteiger partial charge in [0.1, 0.15) is 6.54 Å². The Kier molecular flexibility index (Phi) is 5.30. The number of amides is 2. The smallest absolute Gasteiger partial charge is 0.322 e. The maximum absolute atomic E-state index is 11.4. The normalized spacial score (nSPS) is 9.56. The fourth-order valence-electron chi connectivity index (χ4n) is 1.15. The van der Waals surface area contributed by atoms with Crippen LogP contribution in [0.1, 0.15) is 5.69 Å². The summed E-state index contributed by atoms with van der Waals surface area (Å²) >= 11 is 0. The van der Waals surface area contributed by atoms with E-state index in [0.29, 0.717) is 5.69 Å². The van der Waals surface area contributed by atoms with Gasteiger partial charge >= 0.3 is 5.97 Å². The van der Waals surface area contributed by atoms with Crippen LogP contribution in [-0.2, 0) is 20.8 Å². The maximum atomic E-state index is 11.4. The number of carbonyl (C=O) groups excluding carboxylic acids is 2. The molecule has 0 bridgehead atoms. The SMILES string of the molecule is O=C(O)CNC(=O)CNC(=O)Cc1ccccn1. The van der Waals surface area contributed by atoms with E-state index >= 15 is 0 Å². The zero-order valence-electron chi connectivity index (χ0n) is 9.55. The van der Waals surface area contributed by atoms with Gasteiger partial charge in [0.15, 0.2) is 0 Å². The molecule has 0 fully saturated rings. The summed E-state index contributed by atoms with van der Waals surface area (Å²) in [5.41, 5.74) is 0.598. The summed E-state index contributed by atoms with van der Waals surface area (Å²) in [4.78, 5) is 36.6. The van der Waals surface area contributed by atoms with E-state index in [1.807, 2.05) is 0 Å². The quantitative estimate of drug-likeness (QED) is 0.597. The second-order valence-electron chi connectivity index (χ2n) is 3.45. The Bertz CT molecular complexity index is 433. The molecule has 0 radical (unpaired) electrons. The standard InChI is InChI=1S/C11H13N3O4/c15-9(5-8-3-1-2-4-12-8)13-6-10(16)14-7-11(17)18/h1-4H,5-7H2,(H,13,15)(H,14,16)(H,17,18). The number of aromatic nitrogens is 1. The number of carbonyl (C=O) groups is 3. The first-order chi connectivity index (χ1) is 8.58. The summed E-state index contributed by atoms with van der Waals surface area (Å²) in [5, 5.41) is 12.8. The molecule has 96 valence electrons. The molecule has 0 atom stereocenters. The van der Waals surface area contributed by atoms with E-state index in [9.17, 15) is 14.4 Å². The van der Waals surface area contributed by atoms with Crippen LogP contribution in [0.3, 0.4) is 0 Å². The van der Waals surface area contributed by atoms with Crippen molar-refractivity contribution < 1.29 is 19.5 Å². The van der Waals surface area contributed by atoms with Crippen molar-refractivity contribution in [2.45, 2.75) is 6.42 Å². The van der Waals surface area contributed by atoms with Crippen LogP contribution in [-0.4, -0.2) is 41.0 Å². The molecule has 0 spiro atoms. The summed E-state index contributed by atoms with van der Waals surface area (Å²) < 4.78 is 0. The lowest BCUT2D eigenvalue weighted by Gasteiger charge is -2.05. The number of nitrogens with zero attached hydrogens (tertiary/aromatic N) is 1. The van der Waals surface area contributed by atoms with E-state index < -0.39 is 18.4 Å². The first kappa shape index (κ1) is 13.6. The summed E-state index contributed by atoms with van der Waals surface area (Å²) in [6.07, 6.45) is 1.65. The molecule has 0 aromatic carbocycles. The fraction of sp³-hybridized carbons (Fsp3) is 0.273. The van der Waals surface area contributed by atoms with Crippen LogP contribution in [0.25, 0.3) is 0 Å². The third kappa shape index (κ3) is 5.59. The number of pyridine rings is 1. The highest BCUT2D eigenvalue weighted by Gasteiger charge is 2.07. The Labute approximate surface area is 103 Å². The van der Waals surface area contributed by atoms with Gasteiger partial charge in [-0.1, -0.05) is 6.07 Å². The third-order valence-electron chi connectivity index (χ3n) is 1.95. The number of carboxylic acid groups (broad SMARTS) is 1. The van der Waals surface area contributed by atoms with E-state index in [1.54, 1.807) is 24.4 Å². The lowest BCUT2D eigenvalue weighted by atomic mass is 10.2. The highest BCUT2D eigenvalue weighted by molar-refractivity contribution is 5.87. The van der Waals surface area contributed by atoms with Crippen LogP contribution in [0, 0.1) is 0 Å². The molecule has 1 aromatic heterocycles. The maximum Gasteiger partial charge on any atom is 0.322 e. The molecule has 0 aliphatic rings. The van der Waals surface area contributed by atoms with Crippen molar-refractivity contribution >= 4 is 17.8 Å². The first-order valence-corrected chi connectivity index (χ1v) is 5.23. The van der Waals surface area contributed by atoms with Gasteiger partial charge in [-0.15, -0.1) is 0 Å². The van der Waals surface area contributed by atoms with Crippen LogP contribution >= 0.6 is 0 Å². The summed E-state index contributed by atoms with van der Waals surface area (Å²) in [7, 11) is 0. The lowest BCUT2D eigenvalue weighted by Crippen LogP contribution is -2.39. The molecule has 1 aromatic rings. The first-order valence-electron chi connectivity index (χ1n) is 5.23. The molecule has 3 N–H and O–H groups in total. The van der Waals surface area contributed by atoms with Crippen molar-refractivity contribution in [3.63, 3.8) is 0 Å². The van der Waals surface area contributed by atoms with Gasteiger partial charge in [0.2, 0.25) is 11.8 Å². The minimum absolute atomic E-state index is 0.0764. The average molecular weight is 251 g/mol. The molecule has 0 aliphatic heterocycles. The second kappa shape index (κ2) is 7.00. The molecular formula is C11H13N3O4. The van der Waals surface area contributed by atoms with Crippen molar-refractivity contribution in [3.8, 4) is 0 Å². The fourth-order valence-corrected chi connectivity index (χ4v) is 1.15. The minimum Gasteiger partial charge on any atom is -0.480 e. The van der Waals surface area contributed by atoms with Crippen molar-refractivity contribution in [3.05, 3.63) is 30.1 Å². The molecule has 0 saturated carbocycles. The van der Waals surface area contributed by atoms with Crippen LogP contribution in [0.2, 0.25) is 0 Å². The lowest BCUT2D eigenvalue weighted by molar-refractivity contribution is -0.137. The minimum atomic E-state index is -1.14. The van der Waals surface area contributed by atoms with Crippen LogP contribution in [0.4, 0.5) is 0 Å². The molecule has 1 rings (SSSR count). The van der Waals surface area contributed by atoms with Gasteiger partial charge in [-0.3, -0.25) is 19.4 Å². The number of rotatable bonds is 6. The molecule has 7 nitrogen and oxygen atoms in total. The second-order valence-corrected chi connectivity index (χ2v) is 3.45. The Hall–Kier alpha value is -2.44. The Morgan fingerprint density at radius 3 is 2.44 bits per heavy atom. The van der Waals surface area contributed by atoms with Crippen LogP contribution in [0.5, 0.6) is 0 Å². The van der Waals surface area contributed by atoms with E-state index in [4.69, 9.17) is 5.11 Å². The number of aliphatic carboxylic acids is 1. The van der Waals surface area contributed by atoms with E-state index in [2.05, 4.69) is 15.6 Å². The van der Waals surface area contributed by atoms with Gasteiger partial charge in [-0.05, 0) is 12.1 Å². The Balaban J connectivity index is 2.25. The number of hydrogen-bond donors (Lipinski definition) is 3. The third-order valence-corrected chi connectivity index (χ3v) is 1.95. The molecule has 0 aliphatic carbocycles. The van der Waals surface area contributed by atoms with Crippen LogP contribution in [0.15, 0.2) is 24.4 Å². The van der Waals surface area contributed by atoms with E-state index in [0.717, 1.165) is 0 Å². The van der Waals surface area contributed by atoms with Gasteiger partial charge in [0.05, 0.1) is 13.0 Å². The van der Waals surface area contributed by atoms with Gasteiger partial charge in [-0.2, -0.15) is 0 Å². The van der Waals surface area contributed by atoms with Gasteiger partial charge < -0.3 is 15.7 Å². The molecular weight excluding hydrogens is 238 g/mol. The molecule has 0 saturated heterocycles. The Morgan fingerprint density at radius 2 is 1.83 bits per heavy atom. The summed E-state index contributed by atoms with van der Waals surface area (Å²) in [6.45, 7) is -0.714. The monoisotopic (exact) mass is 251 g/mol. The van der Waals surface area contributed by atoms with Gasteiger partial charge in [0, 0.05) is 11.9 Å². The van der Waals surface area contributed by atoms with Gasteiger partial charge in [-0.25, -0.2) is 0 Å². The zero-order chi connectivity index (χ0) is 13.4. The van der Waals surface area contributed by atoms with Gasteiger partial charge in [0.25, 0.3) is 0 Å². The van der Waals surface area contributed by atoms with Crippen molar-refractivity contribution in [2.24, 2.45) is 0 Å². The predicted octanol–water partition coefficient (Wildman–Crippen LogP) is -1.06. The molecule has 1 heterocycles. The molecule has 2 amide bonds. The largest absolute Gasteiger partial charge is 0.480 e. The van der Waals surface area contributed by atoms with Crippen molar-refractivity contribution in [1.29, 1.82) is 0 Å². The summed E-state index contributed by atoms with van der Waals surface area (Å²) in [5.74, 6) is -2.03. The Morgan fingerprint density at radius 1 is 1.11 bits per heavy atom.